The number of aromatic nitrogens is 1. The van der Waals surface area contributed by atoms with Gasteiger partial charge in [-0.2, -0.15) is 4.31 Å². The first kappa shape index (κ1) is 16.2. The molecule has 21 heavy (non-hydrogen) atoms. The smallest absolute Gasteiger partial charge is 0.246 e. The van der Waals surface area contributed by atoms with E-state index in [0.717, 1.165) is 19.3 Å². The third-order valence-corrected chi connectivity index (χ3v) is 6.28. The van der Waals surface area contributed by atoms with Crippen LogP contribution in [0.3, 0.4) is 0 Å². The summed E-state index contributed by atoms with van der Waals surface area (Å²) in [6, 6.07) is 3.24. The van der Waals surface area contributed by atoms with Gasteiger partial charge in [-0.3, -0.25) is 0 Å². The van der Waals surface area contributed by atoms with Gasteiger partial charge in [0.2, 0.25) is 10.0 Å². The van der Waals surface area contributed by atoms with E-state index >= 15 is 0 Å². The van der Waals surface area contributed by atoms with Gasteiger partial charge in [-0.05, 0) is 45.5 Å². The maximum Gasteiger partial charge on any atom is 0.246 e. The fourth-order valence-corrected chi connectivity index (χ4v) is 4.18. The Bertz CT molecular complexity index is 597. The van der Waals surface area contributed by atoms with Crippen LogP contribution in [0.4, 0.5) is 5.82 Å². The lowest BCUT2D eigenvalue weighted by Gasteiger charge is -2.48. The molecule has 0 spiro atoms. The highest BCUT2D eigenvalue weighted by atomic mass is 32.2. The molecule has 0 aliphatic heterocycles. The van der Waals surface area contributed by atoms with Gasteiger partial charge in [0.25, 0.3) is 0 Å². The average molecular weight is 312 g/mol. The molecule has 1 N–H and O–H groups in total. The van der Waals surface area contributed by atoms with Gasteiger partial charge in [0, 0.05) is 32.4 Å². The van der Waals surface area contributed by atoms with Crippen LogP contribution >= 0.6 is 0 Å². The van der Waals surface area contributed by atoms with Gasteiger partial charge in [0.05, 0.1) is 0 Å². The van der Waals surface area contributed by atoms with Crippen LogP contribution in [0.25, 0.3) is 0 Å². The second-order valence-electron chi connectivity index (χ2n) is 5.83. The van der Waals surface area contributed by atoms with E-state index in [1.165, 1.54) is 4.31 Å². The van der Waals surface area contributed by atoms with Crippen molar-refractivity contribution in [2.75, 3.05) is 40.1 Å². The molecule has 118 valence electrons. The summed E-state index contributed by atoms with van der Waals surface area (Å²) in [5.41, 5.74) is -0.0379. The Kier molecular flexibility index (Phi) is 4.55. The number of likely N-dealkylation sites (N-methyl/N-ethyl adjacent to an activating group) is 2. The van der Waals surface area contributed by atoms with Crippen molar-refractivity contribution in [3.05, 3.63) is 18.3 Å². The minimum absolute atomic E-state index is 0.0379. The van der Waals surface area contributed by atoms with Crippen LogP contribution in [0.2, 0.25) is 0 Å². The van der Waals surface area contributed by atoms with E-state index in [1.54, 1.807) is 32.4 Å². The molecule has 0 bridgehead atoms. The van der Waals surface area contributed by atoms with E-state index in [2.05, 4.69) is 15.2 Å². The minimum atomic E-state index is -3.54. The van der Waals surface area contributed by atoms with Gasteiger partial charge in [-0.25, -0.2) is 13.4 Å². The maximum absolute atomic E-state index is 12.8. The number of hydrogen-bond donors (Lipinski definition) is 1. The first-order valence-electron chi connectivity index (χ1n) is 7.10. The quantitative estimate of drug-likeness (QED) is 0.856. The van der Waals surface area contributed by atoms with Crippen molar-refractivity contribution in [2.45, 2.75) is 29.7 Å². The SMILES string of the molecule is CNc1ncccc1S(=O)(=O)N(C)CC1(N(C)C)CCC1. The Morgan fingerprint density at radius 1 is 1.33 bits per heavy atom. The molecule has 0 unspecified atom stereocenters. The molecule has 1 heterocycles. The van der Waals surface area contributed by atoms with E-state index < -0.39 is 10.0 Å². The predicted molar refractivity (Wildman–Crippen MR) is 83.9 cm³/mol. The van der Waals surface area contributed by atoms with Crippen molar-refractivity contribution >= 4 is 15.8 Å². The molecule has 0 amide bonds. The summed E-state index contributed by atoms with van der Waals surface area (Å²) in [6.07, 6.45) is 4.80. The third-order valence-electron chi connectivity index (χ3n) is 4.45. The van der Waals surface area contributed by atoms with Crippen molar-refractivity contribution in [2.24, 2.45) is 0 Å². The summed E-state index contributed by atoms with van der Waals surface area (Å²) in [5.74, 6) is 0.386. The molecular formula is C14H24N4O2S. The van der Waals surface area contributed by atoms with Crippen molar-refractivity contribution in [1.29, 1.82) is 0 Å². The Morgan fingerprint density at radius 2 is 2.00 bits per heavy atom. The molecule has 1 aliphatic rings. The number of anilines is 1. The zero-order chi connectivity index (χ0) is 15.7. The first-order valence-corrected chi connectivity index (χ1v) is 8.54. The van der Waals surface area contributed by atoms with E-state index in [-0.39, 0.29) is 10.4 Å². The minimum Gasteiger partial charge on any atom is -0.372 e. The number of nitrogens with zero attached hydrogens (tertiary/aromatic N) is 3. The fourth-order valence-electron chi connectivity index (χ4n) is 2.79. The van der Waals surface area contributed by atoms with Gasteiger partial charge in [-0.15, -0.1) is 0 Å². The molecule has 0 atom stereocenters. The number of rotatable bonds is 6. The maximum atomic E-state index is 12.8. The monoisotopic (exact) mass is 312 g/mol. The molecule has 1 fully saturated rings. The highest BCUT2D eigenvalue weighted by molar-refractivity contribution is 7.89. The van der Waals surface area contributed by atoms with Crippen LogP contribution in [0, 0.1) is 0 Å². The zero-order valence-corrected chi connectivity index (χ0v) is 13.9. The van der Waals surface area contributed by atoms with Gasteiger partial charge in [0.1, 0.15) is 10.7 Å². The second kappa shape index (κ2) is 5.90. The molecule has 1 aliphatic carbocycles. The molecule has 0 radical (unpaired) electrons. The van der Waals surface area contributed by atoms with Crippen LogP contribution in [0.1, 0.15) is 19.3 Å². The average Bonchev–Trinajstić information content (AvgIpc) is 2.41. The summed E-state index contributed by atoms with van der Waals surface area (Å²) < 4.78 is 27.0. The largest absolute Gasteiger partial charge is 0.372 e. The Labute approximate surface area is 127 Å². The van der Waals surface area contributed by atoms with Crippen LogP contribution in [-0.2, 0) is 10.0 Å². The van der Waals surface area contributed by atoms with E-state index in [1.807, 2.05) is 14.1 Å². The molecule has 1 aromatic heterocycles. The Hall–Kier alpha value is -1.18. The zero-order valence-electron chi connectivity index (χ0n) is 13.1. The summed E-state index contributed by atoms with van der Waals surface area (Å²) in [5, 5.41) is 2.84. The lowest BCUT2D eigenvalue weighted by Crippen LogP contribution is -2.57. The van der Waals surface area contributed by atoms with Crippen molar-refractivity contribution in [3.63, 3.8) is 0 Å². The van der Waals surface area contributed by atoms with Crippen LogP contribution < -0.4 is 5.32 Å². The molecule has 0 saturated heterocycles. The lowest BCUT2D eigenvalue weighted by atomic mass is 9.75. The Balaban J connectivity index is 2.27. The molecule has 0 aromatic carbocycles. The molecule has 7 heteroatoms. The highest BCUT2D eigenvalue weighted by Gasteiger charge is 2.42. The summed E-state index contributed by atoms with van der Waals surface area (Å²) in [6.45, 7) is 0.500. The highest BCUT2D eigenvalue weighted by Crippen LogP contribution is 2.37. The summed E-state index contributed by atoms with van der Waals surface area (Å²) in [7, 11) is 3.81. The van der Waals surface area contributed by atoms with E-state index in [4.69, 9.17) is 0 Å². The topological polar surface area (TPSA) is 65.5 Å². The normalized spacial score (nSPS) is 17.8. The van der Waals surface area contributed by atoms with E-state index in [0.29, 0.717) is 12.4 Å². The van der Waals surface area contributed by atoms with Crippen LogP contribution in [0.15, 0.2) is 23.2 Å². The van der Waals surface area contributed by atoms with Gasteiger partial charge < -0.3 is 10.2 Å². The van der Waals surface area contributed by atoms with Gasteiger partial charge >= 0.3 is 0 Å². The summed E-state index contributed by atoms with van der Waals surface area (Å²) >= 11 is 0. The number of hydrogen-bond acceptors (Lipinski definition) is 5. The molecule has 1 saturated carbocycles. The van der Waals surface area contributed by atoms with Crippen molar-refractivity contribution in [3.8, 4) is 0 Å². The molecule has 2 rings (SSSR count). The number of sulfonamides is 1. The van der Waals surface area contributed by atoms with Gasteiger partial charge in [-0.1, -0.05) is 0 Å². The summed E-state index contributed by atoms with van der Waals surface area (Å²) in [4.78, 5) is 6.45. The molecule has 6 nitrogen and oxygen atoms in total. The second-order valence-corrected chi connectivity index (χ2v) is 7.85. The van der Waals surface area contributed by atoms with Crippen LogP contribution in [0.5, 0.6) is 0 Å². The van der Waals surface area contributed by atoms with E-state index in [9.17, 15) is 8.42 Å². The fraction of sp³-hybridized carbons (Fsp3) is 0.643. The predicted octanol–water partition coefficient (Wildman–Crippen LogP) is 1.23. The first-order chi connectivity index (χ1) is 9.83. The molecule has 1 aromatic rings. The lowest BCUT2D eigenvalue weighted by molar-refractivity contribution is 0.0455. The van der Waals surface area contributed by atoms with Gasteiger partial charge in [0.15, 0.2) is 0 Å². The number of nitrogens with one attached hydrogen (secondary N) is 1. The molecular weight excluding hydrogens is 288 g/mol. The number of pyridine rings is 1. The van der Waals surface area contributed by atoms with Crippen molar-refractivity contribution in [1.82, 2.24) is 14.2 Å². The Morgan fingerprint density at radius 3 is 2.48 bits per heavy atom. The third kappa shape index (κ3) is 2.90. The van der Waals surface area contributed by atoms with Crippen LogP contribution in [-0.4, -0.2) is 62.9 Å². The van der Waals surface area contributed by atoms with Crippen molar-refractivity contribution < 1.29 is 8.42 Å². The standard InChI is InChI=1S/C14H24N4O2S/c1-15-13-12(7-5-10-16-13)21(19,20)18(4)11-14(17(2)3)8-6-9-14/h5,7,10H,6,8-9,11H2,1-4H3,(H,15,16).